The predicted molar refractivity (Wildman–Crippen MR) is 270 cm³/mol. The zero-order valence-corrected chi connectivity index (χ0v) is 35.3. The van der Waals surface area contributed by atoms with Crippen molar-refractivity contribution < 1.29 is 0 Å². The lowest BCUT2D eigenvalue weighted by Gasteiger charge is -2.16. The summed E-state index contributed by atoms with van der Waals surface area (Å²) in [7, 11) is 0. The van der Waals surface area contributed by atoms with E-state index in [1.165, 1.54) is 10.8 Å². The van der Waals surface area contributed by atoms with Crippen LogP contribution in [-0.2, 0) is 0 Å². The Morgan fingerprint density at radius 2 is 0.621 bits per heavy atom. The van der Waals surface area contributed by atoms with Gasteiger partial charge in [-0.05, 0) is 72.8 Å². The molecule has 0 amide bonds. The van der Waals surface area contributed by atoms with Crippen LogP contribution in [0, 0.1) is 11.3 Å². The zero-order chi connectivity index (χ0) is 43.5. The number of para-hydroxylation sites is 6. The molecule has 0 radical (unpaired) electrons. The van der Waals surface area contributed by atoms with Crippen molar-refractivity contribution in [2.24, 2.45) is 0 Å². The standard InChI is InChI=1S/C59H35N7/c60-36-48-58(65-51-30-16-12-26-42(51)46-32-44-40-24-10-14-28-49(40)63(53(44)34-55(46)65)38-20-6-2-7-21-38)61-57(37-18-4-1-5-19-37)62-59(48)66-52-31-17-13-27-43(52)47-33-45-41-25-11-15-29-50(41)64(54(45)35-56(47)66)39-22-8-3-9-23-39/h1-35H. The van der Waals surface area contributed by atoms with Gasteiger partial charge in [-0.15, -0.1) is 0 Å². The molecule has 7 nitrogen and oxygen atoms in total. The average Bonchev–Trinajstić information content (AvgIpc) is 4.09. The molecule has 306 valence electrons. The molecule has 0 saturated carbocycles. The second kappa shape index (κ2) is 13.9. The summed E-state index contributed by atoms with van der Waals surface area (Å²) < 4.78 is 9.05. The van der Waals surface area contributed by atoms with Crippen LogP contribution in [0.5, 0.6) is 0 Å². The smallest absolute Gasteiger partial charge is 0.164 e. The third kappa shape index (κ3) is 5.06. The normalized spacial score (nSPS) is 11.9. The van der Waals surface area contributed by atoms with Gasteiger partial charge in [-0.1, -0.05) is 140 Å². The number of aromatic nitrogens is 6. The van der Waals surface area contributed by atoms with E-state index in [4.69, 9.17) is 9.97 Å². The van der Waals surface area contributed by atoms with Crippen LogP contribution in [0.4, 0.5) is 0 Å². The SMILES string of the molecule is N#Cc1c(-n2c3ccccc3c3cc4c5ccccc5n(-c5ccccc5)c4cc32)nc(-c2ccccc2)nc1-n1c2ccccc2c2cc3c4ccccc4n(-c4ccccc4)c3cc21. The average molecular weight is 842 g/mol. The van der Waals surface area contributed by atoms with E-state index in [-0.39, 0.29) is 0 Å². The quantitative estimate of drug-likeness (QED) is 0.173. The Morgan fingerprint density at radius 1 is 0.303 bits per heavy atom. The molecule has 0 aliphatic carbocycles. The fourth-order valence-corrected chi connectivity index (χ4v) is 10.6. The minimum atomic E-state index is 0.368. The third-order valence-corrected chi connectivity index (χ3v) is 13.4. The van der Waals surface area contributed by atoms with Gasteiger partial charge in [0.1, 0.15) is 11.6 Å². The van der Waals surface area contributed by atoms with Gasteiger partial charge in [-0.2, -0.15) is 5.26 Å². The molecule has 0 bridgehead atoms. The van der Waals surface area contributed by atoms with Gasteiger partial charge in [-0.25, -0.2) is 9.97 Å². The highest BCUT2D eigenvalue weighted by Crippen LogP contribution is 2.43. The van der Waals surface area contributed by atoms with Crippen LogP contribution in [0.2, 0.25) is 0 Å². The molecule has 7 heteroatoms. The molecule has 5 heterocycles. The Labute approximate surface area is 377 Å². The third-order valence-electron chi connectivity index (χ3n) is 13.4. The molecular formula is C59H35N7. The maximum atomic E-state index is 11.7. The van der Waals surface area contributed by atoms with E-state index in [0.717, 1.165) is 93.4 Å². The number of fused-ring (bicyclic) bond motifs is 12. The van der Waals surface area contributed by atoms with Crippen LogP contribution >= 0.6 is 0 Å². The number of nitriles is 1. The summed E-state index contributed by atoms with van der Waals surface area (Å²) in [6.45, 7) is 0. The molecule has 14 rings (SSSR count). The van der Waals surface area contributed by atoms with E-state index in [2.05, 4.69) is 206 Å². The van der Waals surface area contributed by atoms with E-state index in [1.54, 1.807) is 0 Å². The van der Waals surface area contributed by atoms with E-state index >= 15 is 0 Å². The molecule has 0 unspecified atom stereocenters. The van der Waals surface area contributed by atoms with Crippen molar-refractivity contribution in [2.45, 2.75) is 0 Å². The van der Waals surface area contributed by atoms with Crippen molar-refractivity contribution in [1.82, 2.24) is 28.2 Å². The molecule has 0 fully saturated rings. The first-order valence-corrected chi connectivity index (χ1v) is 22.2. The van der Waals surface area contributed by atoms with Crippen LogP contribution in [-0.4, -0.2) is 28.2 Å². The van der Waals surface area contributed by atoms with Crippen LogP contribution in [0.3, 0.4) is 0 Å². The molecule has 0 atom stereocenters. The van der Waals surface area contributed by atoms with E-state index in [9.17, 15) is 5.26 Å². The van der Waals surface area contributed by atoms with Crippen molar-refractivity contribution in [3.05, 3.63) is 218 Å². The molecule has 0 saturated heterocycles. The number of benzene rings is 9. The van der Waals surface area contributed by atoms with Gasteiger partial charge in [-0.3, -0.25) is 9.13 Å². The van der Waals surface area contributed by atoms with Crippen molar-refractivity contribution in [2.75, 3.05) is 0 Å². The highest BCUT2D eigenvalue weighted by atomic mass is 15.2. The van der Waals surface area contributed by atoms with Gasteiger partial charge < -0.3 is 9.13 Å². The monoisotopic (exact) mass is 841 g/mol. The van der Waals surface area contributed by atoms with Crippen molar-refractivity contribution in [1.29, 1.82) is 5.26 Å². The Balaban J connectivity index is 1.14. The minimum absolute atomic E-state index is 0.368. The summed E-state index contributed by atoms with van der Waals surface area (Å²) in [6.07, 6.45) is 0. The Morgan fingerprint density at radius 3 is 1.00 bits per heavy atom. The molecule has 66 heavy (non-hydrogen) atoms. The topological polar surface area (TPSA) is 69.3 Å². The molecular weight excluding hydrogens is 807 g/mol. The van der Waals surface area contributed by atoms with E-state index < -0.39 is 0 Å². The van der Waals surface area contributed by atoms with Gasteiger partial charge in [0, 0.05) is 60.0 Å². The molecule has 5 aromatic heterocycles. The van der Waals surface area contributed by atoms with E-state index in [1.807, 2.05) is 30.3 Å². The van der Waals surface area contributed by atoms with Gasteiger partial charge in [0.2, 0.25) is 0 Å². The highest BCUT2D eigenvalue weighted by Gasteiger charge is 2.27. The number of hydrogen-bond acceptors (Lipinski definition) is 3. The van der Waals surface area contributed by atoms with Crippen molar-refractivity contribution in [3.63, 3.8) is 0 Å². The molecule has 0 aliphatic heterocycles. The molecule has 0 aliphatic rings. The van der Waals surface area contributed by atoms with Gasteiger partial charge in [0.05, 0.1) is 44.1 Å². The Bertz CT molecular complexity index is 4080. The van der Waals surface area contributed by atoms with Crippen LogP contribution < -0.4 is 0 Å². The molecule has 0 spiro atoms. The molecule has 0 N–H and O–H groups in total. The number of hydrogen-bond donors (Lipinski definition) is 0. The van der Waals surface area contributed by atoms with Crippen LogP contribution in [0.15, 0.2) is 212 Å². The summed E-state index contributed by atoms with van der Waals surface area (Å²) in [4.78, 5) is 10.9. The first kappa shape index (κ1) is 36.3. The van der Waals surface area contributed by atoms with Crippen molar-refractivity contribution >= 4 is 87.2 Å². The highest BCUT2D eigenvalue weighted by molar-refractivity contribution is 6.21. The fraction of sp³-hybridized carbons (Fsp3) is 0. The molecule has 9 aromatic carbocycles. The predicted octanol–water partition coefficient (Wildman–Crippen LogP) is 14.4. The maximum absolute atomic E-state index is 11.7. The second-order valence-electron chi connectivity index (χ2n) is 16.9. The van der Waals surface area contributed by atoms with Crippen LogP contribution in [0.1, 0.15) is 5.56 Å². The van der Waals surface area contributed by atoms with Crippen LogP contribution in [0.25, 0.3) is 122 Å². The van der Waals surface area contributed by atoms with Crippen molar-refractivity contribution in [3.8, 4) is 40.5 Å². The van der Waals surface area contributed by atoms with Gasteiger partial charge in [0.15, 0.2) is 17.5 Å². The summed E-state index contributed by atoms with van der Waals surface area (Å²) in [6, 6.07) is 77.2. The number of nitrogens with zero attached hydrogens (tertiary/aromatic N) is 7. The number of rotatable bonds is 5. The lowest BCUT2D eigenvalue weighted by Crippen LogP contribution is -2.11. The lowest BCUT2D eigenvalue weighted by atomic mass is 10.1. The largest absolute Gasteiger partial charge is 0.309 e. The first-order chi connectivity index (χ1) is 32.7. The van der Waals surface area contributed by atoms with Gasteiger partial charge in [0.25, 0.3) is 0 Å². The second-order valence-corrected chi connectivity index (χ2v) is 16.9. The lowest BCUT2D eigenvalue weighted by molar-refractivity contribution is 0.981. The Hall–Kier alpha value is -9.25. The first-order valence-electron chi connectivity index (χ1n) is 22.2. The summed E-state index contributed by atoms with van der Waals surface area (Å²) >= 11 is 0. The summed E-state index contributed by atoms with van der Waals surface area (Å²) in [5, 5.41) is 20.7. The summed E-state index contributed by atoms with van der Waals surface area (Å²) in [5.74, 6) is 1.55. The van der Waals surface area contributed by atoms with Gasteiger partial charge >= 0.3 is 0 Å². The maximum Gasteiger partial charge on any atom is 0.164 e. The summed E-state index contributed by atoms with van der Waals surface area (Å²) in [5.41, 5.74) is 11.5. The minimum Gasteiger partial charge on any atom is -0.309 e. The molecule has 14 aromatic rings. The van der Waals surface area contributed by atoms with E-state index in [0.29, 0.717) is 23.0 Å². The fourth-order valence-electron chi connectivity index (χ4n) is 10.6. The Kier molecular flexibility index (Phi) is 7.62. The zero-order valence-electron chi connectivity index (χ0n) is 35.3.